The van der Waals surface area contributed by atoms with Crippen LogP contribution in [0.25, 0.3) is 6.08 Å². The summed E-state index contributed by atoms with van der Waals surface area (Å²) in [4.78, 5) is 24.2. The highest BCUT2D eigenvalue weighted by Crippen LogP contribution is 2.34. The Morgan fingerprint density at radius 2 is 2.22 bits per heavy atom. The highest BCUT2D eigenvalue weighted by molar-refractivity contribution is 8.26. The number of phenolic OH excluding ortho intramolecular Hbond substituents is 1. The number of ether oxygens (including phenoxy) is 1. The summed E-state index contributed by atoms with van der Waals surface area (Å²) in [5, 5.41) is 18.8. The van der Waals surface area contributed by atoms with Crippen LogP contribution in [0.15, 0.2) is 23.1 Å². The van der Waals surface area contributed by atoms with Crippen molar-refractivity contribution in [2.45, 2.75) is 13.3 Å². The van der Waals surface area contributed by atoms with Gasteiger partial charge in [0.2, 0.25) is 0 Å². The minimum absolute atomic E-state index is 0.0258. The minimum atomic E-state index is -1.14. The molecule has 0 bridgehead atoms. The summed E-state index contributed by atoms with van der Waals surface area (Å²) in [6.07, 6.45) is 2.34. The number of nitrogens with zero attached hydrogens (tertiary/aromatic N) is 1. The third-order valence-corrected chi connectivity index (χ3v) is 4.31. The molecule has 0 radical (unpaired) electrons. The number of aromatic hydroxyl groups is 1. The van der Waals surface area contributed by atoms with Crippen molar-refractivity contribution in [2.75, 3.05) is 13.2 Å². The summed E-state index contributed by atoms with van der Waals surface area (Å²) in [5.41, 5.74) is 0.435. The molecule has 0 spiro atoms. The second-order valence-electron chi connectivity index (χ2n) is 4.73. The van der Waals surface area contributed by atoms with Gasteiger partial charge in [0, 0.05) is 11.6 Å². The van der Waals surface area contributed by atoms with Crippen molar-refractivity contribution in [1.29, 1.82) is 0 Å². The van der Waals surface area contributed by atoms with Crippen LogP contribution in [0, 0.1) is 0 Å². The first-order chi connectivity index (χ1) is 10.9. The molecule has 6 nitrogen and oxygen atoms in total. The van der Waals surface area contributed by atoms with Gasteiger partial charge in [-0.1, -0.05) is 30.9 Å². The van der Waals surface area contributed by atoms with E-state index in [1.54, 1.807) is 12.1 Å². The molecule has 23 heavy (non-hydrogen) atoms. The fourth-order valence-electron chi connectivity index (χ4n) is 1.87. The van der Waals surface area contributed by atoms with E-state index < -0.39 is 18.4 Å². The molecule has 0 atom stereocenters. The third kappa shape index (κ3) is 4.23. The number of amides is 1. The molecule has 1 aliphatic heterocycles. The molecule has 8 heteroatoms. The zero-order chi connectivity index (χ0) is 17.0. The first-order valence-electron chi connectivity index (χ1n) is 6.85. The van der Waals surface area contributed by atoms with E-state index in [1.807, 2.05) is 6.92 Å². The molecule has 0 saturated carbocycles. The van der Waals surface area contributed by atoms with E-state index in [1.165, 1.54) is 12.1 Å². The zero-order valence-electron chi connectivity index (χ0n) is 12.3. The maximum Gasteiger partial charge on any atom is 0.323 e. The van der Waals surface area contributed by atoms with Crippen molar-refractivity contribution in [3.63, 3.8) is 0 Å². The van der Waals surface area contributed by atoms with Crippen molar-refractivity contribution in [2.24, 2.45) is 0 Å². The van der Waals surface area contributed by atoms with E-state index in [0.29, 0.717) is 17.9 Å². The van der Waals surface area contributed by atoms with E-state index in [4.69, 9.17) is 22.1 Å². The molecule has 1 aliphatic rings. The average Bonchev–Trinajstić information content (AvgIpc) is 2.75. The second kappa shape index (κ2) is 7.47. The van der Waals surface area contributed by atoms with Gasteiger partial charge in [0.25, 0.3) is 5.91 Å². The lowest BCUT2D eigenvalue weighted by Crippen LogP contribution is -2.33. The summed E-state index contributed by atoms with van der Waals surface area (Å²) in [6.45, 7) is 2.05. The molecule has 1 fully saturated rings. The Bertz CT molecular complexity index is 686. The van der Waals surface area contributed by atoms with Gasteiger partial charge in [-0.3, -0.25) is 14.5 Å². The number of benzene rings is 1. The van der Waals surface area contributed by atoms with Crippen LogP contribution in [0.2, 0.25) is 0 Å². The van der Waals surface area contributed by atoms with Crippen molar-refractivity contribution < 1.29 is 24.5 Å². The largest absolute Gasteiger partial charge is 0.507 e. The van der Waals surface area contributed by atoms with Crippen LogP contribution in [-0.4, -0.2) is 44.5 Å². The maximum atomic E-state index is 12.2. The molecule has 2 rings (SSSR count). The predicted octanol–water partition coefficient (Wildman–Crippen LogP) is 2.47. The Morgan fingerprint density at radius 1 is 1.48 bits per heavy atom. The lowest BCUT2D eigenvalue weighted by atomic mass is 10.1. The van der Waals surface area contributed by atoms with Gasteiger partial charge in [-0.2, -0.15) is 0 Å². The predicted molar refractivity (Wildman–Crippen MR) is 91.4 cm³/mol. The van der Waals surface area contributed by atoms with Gasteiger partial charge < -0.3 is 14.9 Å². The van der Waals surface area contributed by atoms with Crippen molar-refractivity contribution in [3.8, 4) is 11.5 Å². The molecule has 0 unspecified atom stereocenters. The van der Waals surface area contributed by atoms with Crippen molar-refractivity contribution >= 4 is 46.3 Å². The van der Waals surface area contributed by atoms with Gasteiger partial charge >= 0.3 is 5.97 Å². The average molecular weight is 353 g/mol. The Kier molecular flexibility index (Phi) is 5.62. The quantitative estimate of drug-likeness (QED) is 0.600. The fraction of sp³-hybridized carbons (Fsp3) is 0.267. The smallest absolute Gasteiger partial charge is 0.323 e. The number of rotatable bonds is 6. The van der Waals surface area contributed by atoms with E-state index in [-0.39, 0.29) is 15.0 Å². The molecule has 1 heterocycles. The molecule has 0 aliphatic carbocycles. The topological polar surface area (TPSA) is 87.1 Å². The number of carboxylic acids is 1. The van der Waals surface area contributed by atoms with Gasteiger partial charge in [0.1, 0.15) is 22.4 Å². The van der Waals surface area contributed by atoms with E-state index in [0.717, 1.165) is 23.1 Å². The molecule has 1 aromatic rings. The SMILES string of the molecule is CCCOc1ccc(/C=C2\SC(=S)N(CC(=O)O)C2=O)c(O)c1. The number of hydrogen-bond acceptors (Lipinski definition) is 6. The summed E-state index contributed by atoms with van der Waals surface area (Å²) < 4.78 is 5.60. The number of thiocarbonyl (C=S) groups is 1. The van der Waals surface area contributed by atoms with Crippen molar-refractivity contribution in [3.05, 3.63) is 28.7 Å². The monoisotopic (exact) mass is 353 g/mol. The molecule has 1 amide bonds. The molecule has 0 aromatic heterocycles. The number of carboxylic acid groups (broad SMARTS) is 1. The van der Waals surface area contributed by atoms with Gasteiger partial charge in [-0.15, -0.1) is 0 Å². The highest BCUT2D eigenvalue weighted by Gasteiger charge is 2.33. The lowest BCUT2D eigenvalue weighted by molar-refractivity contribution is -0.140. The normalized spacial score (nSPS) is 16.2. The van der Waals surface area contributed by atoms with Gasteiger partial charge in [0.05, 0.1) is 11.5 Å². The van der Waals surface area contributed by atoms with E-state index in [9.17, 15) is 14.7 Å². The van der Waals surface area contributed by atoms with Crippen LogP contribution in [0.4, 0.5) is 0 Å². The lowest BCUT2D eigenvalue weighted by Gasteiger charge is -2.10. The highest BCUT2D eigenvalue weighted by atomic mass is 32.2. The molecule has 2 N–H and O–H groups in total. The second-order valence-corrected chi connectivity index (χ2v) is 6.41. The Labute approximate surface area is 142 Å². The first kappa shape index (κ1) is 17.3. The Morgan fingerprint density at radius 3 is 2.83 bits per heavy atom. The number of thioether (sulfide) groups is 1. The molecular weight excluding hydrogens is 338 g/mol. The number of carbonyl (C=O) groups is 2. The van der Waals surface area contributed by atoms with Crippen LogP contribution < -0.4 is 4.74 Å². The summed E-state index contributed by atoms with van der Waals surface area (Å²) >= 11 is 6.02. The Hall–Kier alpha value is -2.06. The number of phenols is 1. The van der Waals surface area contributed by atoms with Crippen LogP contribution in [-0.2, 0) is 9.59 Å². The van der Waals surface area contributed by atoms with Gasteiger partial charge in [-0.25, -0.2) is 0 Å². The number of carbonyl (C=O) groups excluding carboxylic acids is 1. The molecular formula is C15H15NO5S2. The van der Waals surface area contributed by atoms with E-state index >= 15 is 0 Å². The summed E-state index contributed by atoms with van der Waals surface area (Å²) in [7, 11) is 0. The maximum absolute atomic E-state index is 12.2. The first-order valence-corrected chi connectivity index (χ1v) is 8.07. The molecule has 122 valence electrons. The van der Waals surface area contributed by atoms with Gasteiger partial charge in [-0.05, 0) is 24.6 Å². The molecule has 1 saturated heterocycles. The fourth-order valence-corrected chi connectivity index (χ4v) is 3.11. The number of aliphatic carboxylic acids is 1. The zero-order valence-corrected chi connectivity index (χ0v) is 13.9. The molecule has 1 aromatic carbocycles. The summed E-state index contributed by atoms with van der Waals surface area (Å²) in [6, 6.07) is 4.79. The van der Waals surface area contributed by atoms with Crippen LogP contribution in [0.3, 0.4) is 0 Å². The van der Waals surface area contributed by atoms with Crippen LogP contribution >= 0.6 is 24.0 Å². The minimum Gasteiger partial charge on any atom is -0.507 e. The van der Waals surface area contributed by atoms with Crippen molar-refractivity contribution in [1.82, 2.24) is 4.90 Å². The van der Waals surface area contributed by atoms with Crippen LogP contribution in [0.1, 0.15) is 18.9 Å². The van der Waals surface area contributed by atoms with Gasteiger partial charge in [0.15, 0.2) is 0 Å². The third-order valence-electron chi connectivity index (χ3n) is 2.93. The van der Waals surface area contributed by atoms with E-state index in [2.05, 4.69) is 0 Å². The summed E-state index contributed by atoms with van der Waals surface area (Å²) in [5.74, 6) is -1.10. The Balaban J connectivity index is 2.20. The van der Waals surface area contributed by atoms with Crippen LogP contribution in [0.5, 0.6) is 11.5 Å². The standard InChI is InChI=1S/C15H15NO5S2/c1-2-5-21-10-4-3-9(11(17)7-10)6-12-14(20)16(8-13(18)19)15(22)23-12/h3-4,6-7,17H,2,5,8H2,1H3,(H,18,19)/b12-6-. The number of hydrogen-bond donors (Lipinski definition) is 2.